The Kier molecular flexibility index (Phi) is 3.01. The molecule has 1 aromatic heterocycles. The van der Waals surface area contributed by atoms with Crippen LogP contribution in [0.3, 0.4) is 0 Å². The number of hydrogen-bond acceptors (Lipinski definition) is 3. The molecule has 0 saturated carbocycles. The second-order valence-electron chi connectivity index (χ2n) is 3.47. The lowest BCUT2D eigenvalue weighted by Gasteiger charge is -2.09. The number of carbonyl (C=O) groups is 1. The van der Waals surface area contributed by atoms with Crippen LogP contribution < -0.4 is 0 Å². The van der Waals surface area contributed by atoms with Gasteiger partial charge in [0.05, 0.1) is 10.7 Å². The van der Waals surface area contributed by atoms with Crippen molar-refractivity contribution in [2.75, 3.05) is 0 Å². The lowest BCUT2D eigenvalue weighted by Crippen LogP contribution is -2.13. The Morgan fingerprint density at radius 3 is 2.56 bits per heavy atom. The van der Waals surface area contributed by atoms with Gasteiger partial charge in [-0.1, -0.05) is 30.3 Å². The zero-order chi connectivity index (χ0) is 11.5. The van der Waals surface area contributed by atoms with E-state index < -0.39 is 11.9 Å². The summed E-state index contributed by atoms with van der Waals surface area (Å²) >= 11 is 1.47. The van der Waals surface area contributed by atoms with Crippen molar-refractivity contribution in [2.24, 2.45) is 0 Å². The van der Waals surface area contributed by atoms with E-state index in [-0.39, 0.29) is 0 Å². The summed E-state index contributed by atoms with van der Waals surface area (Å²) in [5, 5.41) is 11.9. The van der Waals surface area contributed by atoms with Gasteiger partial charge in [0, 0.05) is 5.38 Å². The Bertz CT molecular complexity index is 493. The third-order valence-corrected chi connectivity index (χ3v) is 3.10. The number of thiazole rings is 1. The van der Waals surface area contributed by atoms with Gasteiger partial charge in [-0.25, -0.2) is 4.98 Å². The van der Waals surface area contributed by atoms with Crippen LogP contribution in [0.15, 0.2) is 35.7 Å². The molecule has 2 aromatic rings. The molecule has 1 atom stereocenters. The van der Waals surface area contributed by atoms with Crippen LogP contribution in [0, 0.1) is 6.92 Å². The van der Waals surface area contributed by atoms with Crippen molar-refractivity contribution in [3.63, 3.8) is 0 Å². The summed E-state index contributed by atoms with van der Waals surface area (Å²) in [6.07, 6.45) is 0. The Morgan fingerprint density at radius 1 is 1.38 bits per heavy atom. The van der Waals surface area contributed by atoms with Crippen molar-refractivity contribution in [1.29, 1.82) is 0 Å². The predicted octanol–water partition coefficient (Wildman–Crippen LogP) is 2.67. The second-order valence-corrected chi connectivity index (χ2v) is 4.54. The van der Waals surface area contributed by atoms with Gasteiger partial charge in [-0.15, -0.1) is 11.3 Å². The van der Waals surface area contributed by atoms with Gasteiger partial charge in [0.15, 0.2) is 0 Å². The van der Waals surface area contributed by atoms with E-state index in [9.17, 15) is 9.90 Å². The Labute approximate surface area is 97.4 Å². The molecule has 0 aliphatic carbocycles. The van der Waals surface area contributed by atoms with Crippen LogP contribution in [-0.2, 0) is 4.79 Å². The van der Waals surface area contributed by atoms with Crippen LogP contribution >= 0.6 is 11.3 Å². The van der Waals surface area contributed by atoms with E-state index in [4.69, 9.17) is 0 Å². The van der Waals surface area contributed by atoms with Crippen molar-refractivity contribution in [2.45, 2.75) is 12.8 Å². The molecular weight excluding hydrogens is 222 g/mol. The first-order valence-electron chi connectivity index (χ1n) is 4.88. The predicted molar refractivity (Wildman–Crippen MR) is 62.8 cm³/mol. The summed E-state index contributed by atoms with van der Waals surface area (Å²) in [7, 11) is 0. The minimum atomic E-state index is -0.864. The summed E-state index contributed by atoms with van der Waals surface area (Å²) in [5.74, 6) is -1.53. The second kappa shape index (κ2) is 4.45. The molecule has 0 saturated heterocycles. The van der Waals surface area contributed by atoms with E-state index in [2.05, 4.69) is 4.98 Å². The maximum atomic E-state index is 11.3. The average Bonchev–Trinajstić information content (AvgIpc) is 2.66. The summed E-state index contributed by atoms with van der Waals surface area (Å²) < 4.78 is 0. The van der Waals surface area contributed by atoms with Gasteiger partial charge < -0.3 is 5.11 Å². The number of aliphatic carboxylic acids is 1. The summed E-state index contributed by atoms with van der Waals surface area (Å²) in [6, 6.07) is 9.17. The van der Waals surface area contributed by atoms with Crippen LogP contribution in [0.1, 0.15) is 22.2 Å². The van der Waals surface area contributed by atoms with Gasteiger partial charge in [0.2, 0.25) is 0 Å². The van der Waals surface area contributed by atoms with E-state index in [0.29, 0.717) is 5.69 Å². The summed E-state index contributed by atoms with van der Waals surface area (Å²) in [4.78, 5) is 15.5. The van der Waals surface area contributed by atoms with Gasteiger partial charge in [-0.2, -0.15) is 0 Å². The standard InChI is InChI=1S/C12H11NO2S/c1-8-13-10(7-16-8)11(12(14)15)9-5-3-2-4-6-9/h2-7,11H,1H3,(H,14,15)/t11-/m1/s1. The van der Waals surface area contributed by atoms with E-state index in [1.165, 1.54) is 11.3 Å². The number of rotatable bonds is 3. The molecule has 1 heterocycles. The van der Waals surface area contributed by atoms with Gasteiger partial charge >= 0.3 is 5.97 Å². The largest absolute Gasteiger partial charge is 0.480 e. The molecule has 0 aliphatic heterocycles. The van der Waals surface area contributed by atoms with Gasteiger partial charge in [0.25, 0.3) is 0 Å². The fourth-order valence-corrected chi connectivity index (χ4v) is 2.24. The number of carboxylic acids is 1. The monoisotopic (exact) mass is 233 g/mol. The molecule has 16 heavy (non-hydrogen) atoms. The number of nitrogens with zero attached hydrogens (tertiary/aromatic N) is 1. The quantitative estimate of drug-likeness (QED) is 0.886. The van der Waals surface area contributed by atoms with Crippen LogP contribution in [0.5, 0.6) is 0 Å². The minimum Gasteiger partial charge on any atom is -0.480 e. The highest BCUT2D eigenvalue weighted by molar-refractivity contribution is 7.09. The maximum absolute atomic E-state index is 11.3. The molecule has 2 rings (SSSR count). The topological polar surface area (TPSA) is 50.2 Å². The van der Waals surface area contributed by atoms with Gasteiger partial charge in [-0.3, -0.25) is 4.79 Å². The third-order valence-electron chi connectivity index (χ3n) is 2.31. The van der Waals surface area contributed by atoms with E-state index >= 15 is 0 Å². The molecule has 1 N–H and O–H groups in total. The minimum absolute atomic E-state index is 0.612. The zero-order valence-corrected chi connectivity index (χ0v) is 9.57. The normalized spacial score (nSPS) is 12.3. The number of benzene rings is 1. The van der Waals surface area contributed by atoms with E-state index in [0.717, 1.165) is 10.6 Å². The zero-order valence-electron chi connectivity index (χ0n) is 8.75. The molecule has 0 unspecified atom stereocenters. The van der Waals surface area contributed by atoms with Crippen molar-refractivity contribution < 1.29 is 9.90 Å². The van der Waals surface area contributed by atoms with Crippen LogP contribution in [0.2, 0.25) is 0 Å². The molecule has 0 fully saturated rings. The molecular formula is C12H11NO2S. The molecule has 4 heteroatoms. The van der Waals surface area contributed by atoms with Crippen LogP contribution in [0.4, 0.5) is 0 Å². The smallest absolute Gasteiger partial charge is 0.317 e. The Morgan fingerprint density at radius 2 is 2.06 bits per heavy atom. The lowest BCUT2D eigenvalue weighted by molar-refractivity contribution is -0.137. The molecule has 0 radical (unpaired) electrons. The SMILES string of the molecule is Cc1nc([C@H](C(=O)O)c2ccccc2)cs1. The molecule has 0 amide bonds. The Balaban J connectivity index is 2.43. The summed E-state index contributed by atoms with van der Waals surface area (Å²) in [6.45, 7) is 1.87. The van der Waals surface area contributed by atoms with E-state index in [1.54, 1.807) is 5.38 Å². The molecule has 1 aromatic carbocycles. The average molecular weight is 233 g/mol. The van der Waals surface area contributed by atoms with Crippen LogP contribution in [0.25, 0.3) is 0 Å². The highest BCUT2D eigenvalue weighted by Gasteiger charge is 2.23. The van der Waals surface area contributed by atoms with E-state index in [1.807, 2.05) is 37.3 Å². The maximum Gasteiger partial charge on any atom is 0.317 e. The first kappa shape index (κ1) is 10.8. The highest BCUT2D eigenvalue weighted by Crippen LogP contribution is 2.25. The lowest BCUT2D eigenvalue weighted by atomic mass is 9.97. The molecule has 0 bridgehead atoms. The first-order valence-corrected chi connectivity index (χ1v) is 5.76. The molecule has 3 nitrogen and oxygen atoms in total. The number of carboxylic acid groups (broad SMARTS) is 1. The molecule has 0 aliphatic rings. The summed E-state index contributed by atoms with van der Waals surface area (Å²) in [5.41, 5.74) is 1.38. The number of aryl methyl sites for hydroxylation is 1. The van der Waals surface area contributed by atoms with Crippen molar-refractivity contribution in [3.05, 3.63) is 52.0 Å². The molecule has 82 valence electrons. The van der Waals surface area contributed by atoms with Crippen molar-refractivity contribution in [3.8, 4) is 0 Å². The Hall–Kier alpha value is -1.68. The van der Waals surface area contributed by atoms with Gasteiger partial charge in [-0.05, 0) is 12.5 Å². The third kappa shape index (κ3) is 2.12. The van der Waals surface area contributed by atoms with Crippen molar-refractivity contribution in [1.82, 2.24) is 4.98 Å². The number of aromatic nitrogens is 1. The first-order chi connectivity index (χ1) is 7.68. The fourth-order valence-electron chi connectivity index (χ4n) is 1.60. The van der Waals surface area contributed by atoms with Crippen molar-refractivity contribution >= 4 is 17.3 Å². The van der Waals surface area contributed by atoms with Crippen LogP contribution in [-0.4, -0.2) is 16.1 Å². The fraction of sp³-hybridized carbons (Fsp3) is 0.167. The highest BCUT2D eigenvalue weighted by atomic mass is 32.1. The van der Waals surface area contributed by atoms with Gasteiger partial charge in [0.1, 0.15) is 5.92 Å². The number of hydrogen-bond donors (Lipinski definition) is 1. The molecule has 0 spiro atoms.